The molecule has 3 heterocycles. The molecule has 0 saturated carbocycles. The molecule has 0 unspecified atom stereocenters. The van der Waals surface area contributed by atoms with Gasteiger partial charge in [-0.05, 0) is 37.0 Å². The first-order valence-electron chi connectivity index (χ1n) is 8.46. The summed E-state index contributed by atoms with van der Waals surface area (Å²) in [5, 5.41) is 1.13. The van der Waals surface area contributed by atoms with Crippen LogP contribution >= 0.6 is 21.6 Å². The van der Waals surface area contributed by atoms with Crippen LogP contribution in [-0.4, -0.2) is 45.7 Å². The van der Waals surface area contributed by atoms with Gasteiger partial charge in [0.25, 0.3) is 0 Å². The molecule has 3 rings (SSSR count). The highest BCUT2D eigenvalue weighted by Gasteiger charge is 2.31. The van der Waals surface area contributed by atoms with Gasteiger partial charge < -0.3 is 9.30 Å². The number of halogens is 4. The number of nitrogens with zero attached hydrogens (tertiary/aromatic N) is 3. The van der Waals surface area contributed by atoms with Gasteiger partial charge in [0.2, 0.25) is 0 Å². The molecule has 0 atom stereocenters. The lowest BCUT2D eigenvalue weighted by molar-refractivity contribution is -0.137. The van der Waals surface area contributed by atoms with Gasteiger partial charge >= 0.3 is 6.18 Å². The number of fused-ring (bicyclic) bond motifs is 1. The van der Waals surface area contributed by atoms with E-state index in [1.165, 1.54) is 6.20 Å². The van der Waals surface area contributed by atoms with Crippen LogP contribution in [0.3, 0.4) is 0 Å². The molecule has 152 valence electrons. The summed E-state index contributed by atoms with van der Waals surface area (Å²) in [5.74, 6) is 0.931. The Morgan fingerprint density at radius 3 is 2.61 bits per heavy atom. The number of hydrogen-bond acceptors (Lipinski definition) is 3. The van der Waals surface area contributed by atoms with Crippen LogP contribution < -0.4 is 0 Å². The molecule has 4 nitrogen and oxygen atoms in total. The number of rotatable bonds is 6. The zero-order valence-corrected chi connectivity index (χ0v) is 17.3. The van der Waals surface area contributed by atoms with Crippen molar-refractivity contribution in [3.63, 3.8) is 0 Å². The third kappa shape index (κ3) is 4.79. The molecule has 3 aromatic heterocycles. The lowest BCUT2D eigenvalue weighted by Gasteiger charge is -2.24. The van der Waals surface area contributed by atoms with Crippen molar-refractivity contribution in [2.45, 2.75) is 12.9 Å². The van der Waals surface area contributed by atoms with Gasteiger partial charge in [0.05, 0.1) is 22.9 Å². The lowest BCUT2D eigenvalue weighted by Crippen LogP contribution is -2.11. The van der Waals surface area contributed by atoms with Gasteiger partial charge in [-0.25, -0.2) is 15.0 Å². The highest BCUT2D eigenvalue weighted by molar-refractivity contribution is 8.32. The third-order valence-electron chi connectivity index (χ3n) is 4.17. The second kappa shape index (κ2) is 7.93. The average Bonchev–Trinajstić information content (AvgIpc) is 2.97. The Hall–Kier alpha value is -1.77. The summed E-state index contributed by atoms with van der Waals surface area (Å²) < 4.78 is 46.9. The van der Waals surface area contributed by atoms with Gasteiger partial charge in [0.1, 0.15) is 12.4 Å². The first-order valence-corrected chi connectivity index (χ1v) is 11.9. The van der Waals surface area contributed by atoms with Gasteiger partial charge in [-0.15, -0.1) is 0 Å². The molecule has 0 spiro atoms. The fourth-order valence-corrected chi connectivity index (χ4v) is 3.50. The van der Waals surface area contributed by atoms with E-state index in [9.17, 15) is 13.2 Å². The van der Waals surface area contributed by atoms with Crippen LogP contribution in [0.15, 0.2) is 36.8 Å². The fourth-order valence-electron chi connectivity index (χ4n) is 2.69. The average molecular weight is 432 g/mol. The van der Waals surface area contributed by atoms with E-state index in [4.69, 9.17) is 16.3 Å². The Kier molecular flexibility index (Phi) is 5.93. The fraction of sp³-hybridized carbons (Fsp3) is 0.368. The zero-order valence-electron chi connectivity index (χ0n) is 15.8. The minimum atomic E-state index is -4.47. The van der Waals surface area contributed by atoms with Crippen LogP contribution in [0.5, 0.6) is 0 Å². The topological polar surface area (TPSA) is 39.9 Å². The highest BCUT2D eigenvalue weighted by atomic mass is 35.5. The van der Waals surface area contributed by atoms with Crippen molar-refractivity contribution in [2.75, 3.05) is 31.1 Å². The Morgan fingerprint density at radius 2 is 1.93 bits per heavy atom. The van der Waals surface area contributed by atoms with Gasteiger partial charge in [-0.2, -0.15) is 13.2 Å². The zero-order chi connectivity index (χ0) is 20.5. The Balaban J connectivity index is 2.01. The summed E-state index contributed by atoms with van der Waals surface area (Å²) in [5.41, 5.74) is 0.604. The SMILES string of the molecule is CS(C)(C)CCOCn1c(-c2cncc(C(F)(F)F)c2)cc2c(Cl)ccnc21. The van der Waals surface area contributed by atoms with Crippen LogP contribution in [-0.2, 0) is 17.6 Å². The third-order valence-corrected chi connectivity index (χ3v) is 5.89. The maximum absolute atomic E-state index is 13.1. The number of ether oxygens (including phenoxy) is 1. The van der Waals surface area contributed by atoms with E-state index >= 15 is 0 Å². The van der Waals surface area contributed by atoms with E-state index in [0.29, 0.717) is 33.9 Å². The Labute approximate surface area is 168 Å². The molecule has 0 N–H and O–H groups in total. The predicted octanol–water partition coefficient (Wildman–Crippen LogP) is 5.44. The maximum atomic E-state index is 13.1. The standard InChI is InChI=1S/C19H21ClF3N3OS/c1-28(2,3)7-6-27-12-26-17(9-15-16(20)4-5-25-18(15)26)13-8-14(11-24-10-13)19(21,22)23/h4-5,8-11H,6-7,12H2,1-3H3. The minimum absolute atomic E-state index is 0.165. The summed E-state index contributed by atoms with van der Waals surface area (Å²) >= 11 is 6.27. The van der Waals surface area contributed by atoms with E-state index in [0.717, 1.165) is 18.0 Å². The first kappa shape index (κ1) is 21.0. The lowest BCUT2D eigenvalue weighted by atomic mass is 10.1. The smallest absolute Gasteiger partial charge is 0.360 e. The molecule has 0 aliphatic heterocycles. The van der Waals surface area contributed by atoms with Crippen LogP contribution in [0.4, 0.5) is 13.2 Å². The number of pyridine rings is 2. The summed E-state index contributed by atoms with van der Waals surface area (Å²) in [4.78, 5) is 8.11. The summed E-state index contributed by atoms with van der Waals surface area (Å²) in [6.07, 6.45) is 5.89. The van der Waals surface area contributed by atoms with Gasteiger partial charge in [0, 0.05) is 35.3 Å². The van der Waals surface area contributed by atoms with E-state index in [1.54, 1.807) is 22.9 Å². The molecule has 9 heteroatoms. The van der Waals surface area contributed by atoms with E-state index in [2.05, 4.69) is 28.7 Å². The second-order valence-corrected chi connectivity index (χ2v) is 12.3. The minimum Gasteiger partial charge on any atom is -0.360 e. The van der Waals surface area contributed by atoms with Crippen molar-refractivity contribution in [1.29, 1.82) is 0 Å². The Bertz CT molecular complexity index is 983. The maximum Gasteiger partial charge on any atom is 0.417 e. The predicted molar refractivity (Wildman–Crippen MR) is 109 cm³/mol. The van der Waals surface area contributed by atoms with Crippen molar-refractivity contribution in [2.24, 2.45) is 0 Å². The molecular weight excluding hydrogens is 411 g/mol. The Morgan fingerprint density at radius 1 is 1.18 bits per heavy atom. The molecule has 0 aliphatic rings. The van der Waals surface area contributed by atoms with Crippen LogP contribution in [0.25, 0.3) is 22.3 Å². The molecule has 0 bridgehead atoms. The molecule has 0 radical (unpaired) electrons. The van der Waals surface area contributed by atoms with E-state index in [1.807, 2.05) is 0 Å². The first-order chi connectivity index (χ1) is 13.1. The van der Waals surface area contributed by atoms with Gasteiger partial charge in [0.15, 0.2) is 0 Å². The summed E-state index contributed by atoms with van der Waals surface area (Å²) in [6, 6.07) is 4.44. The van der Waals surface area contributed by atoms with Crippen molar-refractivity contribution in [3.05, 3.63) is 47.4 Å². The van der Waals surface area contributed by atoms with Crippen molar-refractivity contribution in [3.8, 4) is 11.3 Å². The molecule has 0 amide bonds. The molecule has 0 fully saturated rings. The summed E-state index contributed by atoms with van der Waals surface area (Å²) in [6.45, 7) is 0.720. The number of aromatic nitrogens is 3. The number of hydrogen-bond donors (Lipinski definition) is 0. The van der Waals surface area contributed by atoms with E-state index in [-0.39, 0.29) is 6.73 Å². The van der Waals surface area contributed by atoms with Gasteiger partial charge in [-0.1, -0.05) is 11.6 Å². The van der Waals surface area contributed by atoms with Crippen LogP contribution in [0.2, 0.25) is 5.02 Å². The van der Waals surface area contributed by atoms with E-state index < -0.39 is 21.8 Å². The van der Waals surface area contributed by atoms with Crippen molar-refractivity contribution < 1.29 is 17.9 Å². The molecule has 28 heavy (non-hydrogen) atoms. The second-order valence-electron chi connectivity index (χ2n) is 7.28. The monoisotopic (exact) mass is 431 g/mol. The molecule has 0 aliphatic carbocycles. The number of alkyl halides is 3. The van der Waals surface area contributed by atoms with Crippen LogP contribution in [0, 0.1) is 0 Å². The van der Waals surface area contributed by atoms with Crippen LogP contribution in [0.1, 0.15) is 5.56 Å². The molecule has 0 aromatic carbocycles. The quantitative estimate of drug-likeness (QED) is 0.488. The van der Waals surface area contributed by atoms with Crippen molar-refractivity contribution in [1.82, 2.24) is 14.5 Å². The van der Waals surface area contributed by atoms with Crippen molar-refractivity contribution >= 4 is 32.7 Å². The molecule has 0 saturated heterocycles. The highest BCUT2D eigenvalue weighted by Crippen LogP contribution is 2.36. The largest absolute Gasteiger partial charge is 0.417 e. The normalized spacial score (nSPS) is 13.2. The summed E-state index contributed by atoms with van der Waals surface area (Å²) in [7, 11) is -0.705. The molecular formula is C19H21ClF3N3OS. The molecule has 3 aromatic rings. The van der Waals surface area contributed by atoms with Gasteiger partial charge in [-0.3, -0.25) is 4.98 Å².